The van der Waals surface area contributed by atoms with Crippen molar-refractivity contribution in [3.8, 4) is 0 Å². The number of aryl methyl sites for hydroxylation is 1. The van der Waals surface area contributed by atoms with Gasteiger partial charge in [-0.2, -0.15) is 5.10 Å². The number of anilines is 1. The van der Waals surface area contributed by atoms with Gasteiger partial charge in [-0.3, -0.25) is 14.3 Å². The normalized spacial score (nSPS) is 14.7. The third-order valence-corrected chi connectivity index (χ3v) is 6.75. The van der Waals surface area contributed by atoms with Crippen LogP contribution in [0, 0.1) is 13.8 Å². The summed E-state index contributed by atoms with van der Waals surface area (Å²) in [7, 11) is -3.70. The maximum absolute atomic E-state index is 13.2. The highest BCUT2D eigenvalue weighted by molar-refractivity contribution is 7.92. The lowest BCUT2D eigenvalue weighted by atomic mass is 10.1. The molecule has 1 aromatic heterocycles. The van der Waals surface area contributed by atoms with Gasteiger partial charge in [0.25, 0.3) is 10.0 Å². The fraction of sp³-hybridized carbons (Fsp3) is 0.550. The van der Waals surface area contributed by atoms with E-state index in [0.29, 0.717) is 17.1 Å². The minimum atomic E-state index is -3.70. The Kier molecular flexibility index (Phi) is 5.63. The van der Waals surface area contributed by atoms with Crippen molar-refractivity contribution in [2.75, 3.05) is 11.3 Å². The van der Waals surface area contributed by atoms with Gasteiger partial charge in [-0.25, -0.2) is 8.42 Å². The molecule has 0 fully saturated rings. The molecule has 0 radical (unpaired) electrons. The van der Waals surface area contributed by atoms with Crippen LogP contribution in [0.25, 0.3) is 0 Å². The predicted molar refractivity (Wildman–Crippen MR) is 108 cm³/mol. The number of hydrogen-bond donors (Lipinski definition) is 1. The van der Waals surface area contributed by atoms with E-state index in [0.717, 1.165) is 38.0 Å². The van der Waals surface area contributed by atoms with Crippen molar-refractivity contribution >= 4 is 15.7 Å². The largest absolute Gasteiger partial charge is 0.295 e. The van der Waals surface area contributed by atoms with E-state index < -0.39 is 10.0 Å². The van der Waals surface area contributed by atoms with Crippen LogP contribution in [0.15, 0.2) is 23.1 Å². The molecule has 0 spiro atoms. The summed E-state index contributed by atoms with van der Waals surface area (Å²) >= 11 is 0. The van der Waals surface area contributed by atoms with E-state index in [4.69, 9.17) is 0 Å². The van der Waals surface area contributed by atoms with Crippen molar-refractivity contribution in [1.29, 1.82) is 0 Å². The molecule has 2 heterocycles. The van der Waals surface area contributed by atoms with Crippen LogP contribution in [0.4, 0.5) is 5.69 Å². The van der Waals surface area contributed by atoms with Crippen LogP contribution in [0.3, 0.4) is 0 Å². The first-order valence-electron chi connectivity index (χ1n) is 9.66. The Morgan fingerprint density at radius 1 is 1.22 bits per heavy atom. The zero-order chi connectivity index (χ0) is 19.8. The van der Waals surface area contributed by atoms with Crippen molar-refractivity contribution in [2.45, 2.75) is 71.5 Å². The average molecular weight is 391 g/mol. The second kappa shape index (κ2) is 7.64. The minimum absolute atomic E-state index is 0.112. The molecule has 1 N–H and O–H groups in total. The van der Waals surface area contributed by atoms with Gasteiger partial charge >= 0.3 is 0 Å². The number of unbranched alkanes of at least 4 members (excludes halogenated alkanes) is 1. The SMILES string of the molecule is CCCCN1Cc2cccc(NS(=O)(=O)c3c(C)nn(C(C)C)c3C)c2C1. The van der Waals surface area contributed by atoms with Crippen LogP contribution in [-0.4, -0.2) is 29.6 Å². The fourth-order valence-electron chi connectivity index (χ4n) is 3.86. The number of benzene rings is 1. The molecule has 0 atom stereocenters. The lowest BCUT2D eigenvalue weighted by Crippen LogP contribution is -2.18. The highest BCUT2D eigenvalue weighted by Crippen LogP contribution is 2.32. The molecule has 1 aliphatic heterocycles. The summed E-state index contributed by atoms with van der Waals surface area (Å²) in [5, 5.41) is 4.43. The molecule has 0 aliphatic carbocycles. The number of hydrogen-bond acceptors (Lipinski definition) is 4. The highest BCUT2D eigenvalue weighted by atomic mass is 32.2. The van der Waals surface area contributed by atoms with E-state index >= 15 is 0 Å². The highest BCUT2D eigenvalue weighted by Gasteiger charge is 2.28. The fourth-order valence-corrected chi connectivity index (χ4v) is 5.36. The smallest absolute Gasteiger partial charge is 0.265 e. The Hall–Kier alpha value is -1.86. The topological polar surface area (TPSA) is 67.2 Å². The summed E-state index contributed by atoms with van der Waals surface area (Å²) in [6.45, 7) is 12.5. The summed E-state index contributed by atoms with van der Waals surface area (Å²) in [5.41, 5.74) is 4.18. The van der Waals surface area contributed by atoms with Gasteiger partial charge in [0, 0.05) is 19.1 Å². The zero-order valence-electron chi connectivity index (χ0n) is 16.9. The van der Waals surface area contributed by atoms with E-state index in [1.54, 1.807) is 11.6 Å². The van der Waals surface area contributed by atoms with Crippen LogP contribution in [0.5, 0.6) is 0 Å². The predicted octanol–water partition coefficient (Wildman–Crippen LogP) is 4.00. The summed E-state index contributed by atoms with van der Waals surface area (Å²) in [5.74, 6) is 0. The Labute approximate surface area is 162 Å². The van der Waals surface area contributed by atoms with Gasteiger partial charge in [-0.1, -0.05) is 25.5 Å². The number of rotatable bonds is 7. The van der Waals surface area contributed by atoms with E-state index in [-0.39, 0.29) is 10.9 Å². The Bertz CT molecular complexity index is 932. The molecule has 1 aliphatic rings. The van der Waals surface area contributed by atoms with E-state index in [1.165, 1.54) is 5.56 Å². The van der Waals surface area contributed by atoms with E-state index in [9.17, 15) is 8.42 Å². The molecule has 0 saturated carbocycles. The van der Waals surface area contributed by atoms with Gasteiger partial charge in [0.1, 0.15) is 4.90 Å². The average Bonchev–Trinajstić information content (AvgIpc) is 3.14. The van der Waals surface area contributed by atoms with Gasteiger partial charge in [0.2, 0.25) is 0 Å². The van der Waals surface area contributed by atoms with Crippen LogP contribution < -0.4 is 4.72 Å². The monoisotopic (exact) mass is 390 g/mol. The maximum atomic E-state index is 13.2. The van der Waals surface area contributed by atoms with Gasteiger partial charge in [0.15, 0.2) is 0 Å². The summed E-state index contributed by atoms with van der Waals surface area (Å²) in [6.07, 6.45) is 2.31. The third kappa shape index (κ3) is 3.89. The molecule has 0 bridgehead atoms. The maximum Gasteiger partial charge on any atom is 0.265 e. The van der Waals surface area contributed by atoms with Gasteiger partial charge in [-0.05, 0) is 57.9 Å². The molecule has 148 valence electrons. The standard InChI is InChI=1S/C20H30N4O2S/c1-6-7-11-23-12-17-9-8-10-19(18(17)13-23)22-27(25,26)20-15(4)21-24(14(2)3)16(20)5/h8-10,14,22H,6-7,11-13H2,1-5H3. The first-order chi connectivity index (χ1) is 12.7. The first kappa shape index (κ1) is 19.9. The van der Waals surface area contributed by atoms with Gasteiger partial charge in [0.05, 0.1) is 17.1 Å². The molecule has 6 nitrogen and oxygen atoms in total. The Balaban J connectivity index is 1.90. The van der Waals surface area contributed by atoms with Crippen molar-refractivity contribution in [1.82, 2.24) is 14.7 Å². The van der Waals surface area contributed by atoms with Crippen LogP contribution in [-0.2, 0) is 23.1 Å². The zero-order valence-corrected chi connectivity index (χ0v) is 17.7. The van der Waals surface area contributed by atoms with Crippen LogP contribution in [0.2, 0.25) is 0 Å². The minimum Gasteiger partial charge on any atom is -0.295 e. The quantitative estimate of drug-likeness (QED) is 0.776. The summed E-state index contributed by atoms with van der Waals surface area (Å²) < 4.78 is 30.9. The Morgan fingerprint density at radius 2 is 1.96 bits per heavy atom. The van der Waals surface area contributed by atoms with Crippen molar-refractivity contribution in [2.24, 2.45) is 0 Å². The van der Waals surface area contributed by atoms with Crippen molar-refractivity contribution in [3.05, 3.63) is 40.7 Å². The van der Waals surface area contributed by atoms with Gasteiger partial charge < -0.3 is 0 Å². The molecule has 3 rings (SSSR count). The molecular weight excluding hydrogens is 360 g/mol. The van der Waals surface area contributed by atoms with Gasteiger partial charge in [-0.15, -0.1) is 0 Å². The third-order valence-electron chi connectivity index (χ3n) is 5.14. The van der Waals surface area contributed by atoms with Crippen molar-refractivity contribution in [3.63, 3.8) is 0 Å². The second-order valence-electron chi connectivity index (χ2n) is 7.65. The summed E-state index contributed by atoms with van der Waals surface area (Å²) in [6, 6.07) is 5.99. The number of fused-ring (bicyclic) bond motifs is 1. The van der Waals surface area contributed by atoms with E-state index in [1.807, 2.05) is 32.9 Å². The summed E-state index contributed by atoms with van der Waals surface area (Å²) in [4.78, 5) is 2.66. The first-order valence-corrected chi connectivity index (χ1v) is 11.1. The molecule has 2 aromatic rings. The molecule has 27 heavy (non-hydrogen) atoms. The molecule has 7 heteroatoms. The number of aromatic nitrogens is 2. The lowest BCUT2D eigenvalue weighted by Gasteiger charge is -2.15. The number of nitrogens with zero attached hydrogens (tertiary/aromatic N) is 3. The van der Waals surface area contributed by atoms with Crippen LogP contribution >= 0.6 is 0 Å². The lowest BCUT2D eigenvalue weighted by molar-refractivity contribution is 0.279. The molecule has 0 saturated heterocycles. The number of nitrogens with one attached hydrogen (secondary N) is 1. The molecular formula is C20H30N4O2S. The van der Waals surface area contributed by atoms with Crippen LogP contribution in [0.1, 0.15) is 62.2 Å². The Morgan fingerprint density at radius 3 is 2.59 bits per heavy atom. The number of sulfonamides is 1. The molecule has 0 unspecified atom stereocenters. The molecule has 0 amide bonds. The van der Waals surface area contributed by atoms with Crippen molar-refractivity contribution < 1.29 is 8.42 Å². The second-order valence-corrected chi connectivity index (χ2v) is 9.27. The molecule has 1 aromatic carbocycles. The van der Waals surface area contributed by atoms with E-state index in [2.05, 4.69) is 27.7 Å².